The number of hydrogen-bond acceptors (Lipinski definition) is 5. The molecule has 3 rings (SSSR count). The lowest BCUT2D eigenvalue weighted by atomic mass is 9.96. The number of ether oxygens (including phenoxy) is 1. The Kier molecular flexibility index (Phi) is 2.59. The molecular formula is C13H12N2O3. The highest BCUT2D eigenvalue weighted by molar-refractivity contribution is 5.89. The predicted molar refractivity (Wildman–Crippen MR) is 62.7 cm³/mol. The average molecular weight is 244 g/mol. The predicted octanol–water partition coefficient (Wildman–Crippen LogP) is 1.99. The highest BCUT2D eigenvalue weighted by atomic mass is 16.5. The number of nitrogens with zero attached hydrogens (tertiary/aromatic N) is 2. The third kappa shape index (κ3) is 1.88. The number of fused-ring (bicyclic) bond motifs is 1. The minimum Gasteiger partial charge on any atom is -0.493 e. The van der Waals surface area contributed by atoms with Gasteiger partial charge in [-0.2, -0.15) is 4.98 Å². The number of ketones is 1. The Morgan fingerprint density at radius 2 is 2.22 bits per heavy atom. The Morgan fingerprint density at radius 3 is 3.00 bits per heavy atom. The van der Waals surface area contributed by atoms with Gasteiger partial charge in [-0.15, -0.1) is 0 Å². The van der Waals surface area contributed by atoms with Crippen LogP contribution in [0, 0.1) is 0 Å². The van der Waals surface area contributed by atoms with Gasteiger partial charge in [-0.1, -0.05) is 23.4 Å². The fourth-order valence-electron chi connectivity index (χ4n) is 2.04. The van der Waals surface area contributed by atoms with E-state index in [1.807, 2.05) is 24.3 Å². The molecule has 18 heavy (non-hydrogen) atoms. The van der Waals surface area contributed by atoms with Crippen molar-refractivity contribution >= 4 is 5.78 Å². The summed E-state index contributed by atoms with van der Waals surface area (Å²) in [4.78, 5) is 15.2. The van der Waals surface area contributed by atoms with Crippen molar-refractivity contribution in [3.05, 3.63) is 41.5 Å². The second-order valence-electron chi connectivity index (χ2n) is 4.33. The van der Waals surface area contributed by atoms with Gasteiger partial charge in [0, 0.05) is 6.92 Å². The number of benzene rings is 1. The highest BCUT2D eigenvalue weighted by Gasteiger charge is 2.25. The molecule has 0 radical (unpaired) electrons. The van der Waals surface area contributed by atoms with Gasteiger partial charge in [0.1, 0.15) is 5.75 Å². The van der Waals surface area contributed by atoms with Gasteiger partial charge in [0.15, 0.2) is 5.82 Å². The van der Waals surface area contributed by atoms with Crippen LogP contribution in [0.1, 0.15) is 34.9 Å². The van der Waals surface area contributed by atoms with E-state index >= 15 is 0 Å². The Hall–Kier alpha value is -2.17. The molecule has 5 heteroatoms. The molecule has 1 aliphatic rings. The monoisotopic (exact) mass is 244 g/mol. The van der Waals surface area contributed by atoms with Crippen LogP contribution in [-0.4, -0.2) is 22.5 Å². The van der Waals surface area contributed by atoms with E-state index in [1.54, 1.807) is 0 Å². The van der Waals surface area contributed by atoms with Crippen molar-refractivity contribution in [3.8, 4) is 5.75 Å². The number of para-hydroxylation sites is 1. The molecule has 2 aromatic rings. The highest BCUT2D eigenvalue weighted by Crippen LogP contribution is 2.30. The lowest BCUT2D eigenvalue weighted by Gasteiger charge is -2.22. The Labute approximate surface area is 104 Å². The standard InChI is InChI=1S/C13H12N2O3/c1-8(16)13-14-12(15-18-13)10-6-9-4-2-3-5-11(9)17-7-10/h2-5,10H,6-7H2,1H3. The van der Waals surface area contributed by atoms with Crippen LogP contribution in [-0.2, 0) is 6.42 Å². The third-order valence-electron chi connectivity index (χ3n) is 2.99. The van der Waals surface area contributed by atoms with E-state index in [1.165, 1.54) is 6.92 Å². The molecule has 0 amide bonds. The van der Waals surface area contributed by atoms with E-state index in [2.05, 4.69) is 10.1 Å². The van der Waals surface area contributed by atoms with Crippen LogP contribution in [0.4, 0.5) is 0 Å². The number of rotatable bonds is 2. The first-order chi connectivity index (χ1) is 8.74. The van der Waals surface area contributed by atoms with Crippen molar-refractivity contribution in [2.45, 2.75) is 19.3 Å². The van der Waals surface area contributed by atoms with Gasteiger partial charge in [0.2, 0.25) is 5.78 Å². The minimum absolute atomic E-state index is 0.0387. The summed E-state index contributed by atoms with van der Waals surface area (Å²) < 4.78 is 10.6. The summed E-state index contributed by atoms with van der Waals surface area (Å²) in [7, 11) is 0. The second kappa shape index (κ2) is 4.25. The number of carbonyl (C=O) groups excluding carboxylic acids is 1. The summed E-state index contributed by atoms with van der Waals surface area (Å²) in [5.41, 5.74) is 1.13. The van der Waals surface area contributed by atoms with E-state index in [4.69, 9.17) is 9.26 Å². The lowest BCUT2D eigenvalue weighted by molar-refractivity contribution is 0.0972. The maximum atomic E-state index is 11.1. The smallest absolute Gasteiger partial charge is 0.293 e. The van der Waals surface area contributed by atoms with E-state index in [9.17, 15) is 4.79 Å². The van der Waals surface area contributed by atoms with E-state index in [0.717, 1.165) is 17.7 Å². The van der Waals surface area contributed by atoms with Gasteiger partial charge in [-0.3, -0.25) is 4.79 Å². The average Bonchev–Trinajstić information content (AvgIpc) is 2.88. The summed E-state index contributed by atoms with van der Waals surface area (Å²) in [6.07, 6.45) is 0.799. The zero-order chi connectivity index (χ0) is 12.5. The van der Waals surface area contributed by atoms with Gasteiger partial charge in [-0.05, 0) is 18.1 Å². The van der Waals surface area contributed by atoms with E-state index in [0.29, 0.717) is 12.4 Å². The summed E-state index contributed by atoms with van der Waals surface area (Å²) in [6, 6.07) is 7.89. The molecule has 1 aromatic heterocycles. The summed E-state index contributed by atoms with van der Waals surface area (Å²) in [5.74, 6) is 1.32. The molecule has 1 aromatic carbocycles. The van der Waals surface area contributed by atoms with Gasteiger partial charge in [0.25, 0.3) is 5.89 Å². The zero-order valence-electron chi connectivity index (χ0n) is 9.92. The van der Waals surface area contributed by atoms with Crippen molar-refractivity contribution < 1.29 is 14.1 Å². The van der Waals surface area contributed by atoms with Crippen molar-refractivity contribution in [1.29, 1.82) is 0 Å². The van der Waals surface area contributed by atoms with Crippen LogP contribution in [0.3, 0.4) is 0 Å². The molecule has 0 saturated heterocycles. The van der Waals surface area contributed by atoms with Crippen LogP contribution in [0.25, 0.3) is 0 Å². The SMILES string of the molecule is CC(=O)c1nc(C2COc3ccccc3C2)no1. The molecule has 2 heterocycles. The molecule has 0 bridgehead atoms. The molecule has 0 saturated carbocycles. The third-order valence-corrected chi connectivity index (χ3v) is 2.99. The molecule has 1 aliphatic heterocycles. The molecule has 0 aliphatic carbocycles. The van der Waals surface area contributed by atoms with Gasteiger partial charge in [0.05, 0.1) is 12.5 Å². The zero-order valence-corrected chi connectivity index (χ0v) is 9.92. The maximum Gasteiger partial charge on any atom is 0.293 e. The van der Waals surface area contributed by atoms with Gasteiger partial charge < -0.3 is 9.26 Å². The Morgan fingerprint density at radius 1 is 1.39 bits per heavy atom. The van der Waals surface area contributed by atoms with E-state index < -0.39 is 0 Å². The van der Waals surface area contributed by atoms with Crippen LogP contribution in [0.5, 0.6) is 5.75 Å². The molecule has 92 valence electrons. The van der Waals surface area contributed by atoms with E-state index in [-0.39, 0.29) is 17.6 Å². The van der Waals surface area contributed by atoms with Crippen molar-refractivity contribution in [1.82, 2.24) is 10.1 Å². The first-order valence-electron chi connectivity index (χ1n) is 5.79. The normalized spacial score (nSPS) is 17.9. The topological polar surface area (TPSA) is 65.2 Å². The Balaban J connectivity index is 1.85. The van der Waals surface area contributed by atoms with Gasteiger partial charge in [-0.25, -0.2) is 0 Å². The number of carbonyl (C=O) groups is 1. The molecule has 0 fully saturated rings. The number of Topliss-reactive ketones (excluding diaryl/α,β-unsaturated/α-hetero) is 1. The molecule has 0 N–H and O–H groups in total. The van der Waals surface area contributed by atoms with Crippen LogP contribution >= 0.6 is 0 Å². The first kappa shape index (κ1) is 11.0. The van der Waals surface area contributed by atoms with Crippen molar-refractivity contribution in [2.75, 3.05) is 6.61 Å². The molecular weight excluding hydrogens is 232 g/mol. The van der Waals surface area contributed by atoms with Crippen LogP contribution in [0.2, 0.25) is 0 Å². The quantitative estimate of drug-likeness (QED) is 0.756. The van der Waals surface area contributed by atoms with Crippen LogP contribution in [0.15, 0.2) is 28.8 Å². The van der Waals surface area contributed by atoms with Crippen molar-refractivity contribution in [2.24, 2.45) is 0 Å². The summed E-state index contributed by atoms with van der Waals surface area (Å²) >= 11 is 0. The largest absolute Gasteiger partial charge is 0.493 e. The fourth-order valence-corrected chi connectivity index (χ4v) is 2.04. The lowest BCUT2D eigenvalue weighted by Crippen LogP contribution is -2.20. The minimum atomic E-state index is -0.217. The number of aromatic nitrogens is 2. The van der Waals surface area contributed by atoms with Crippen molar-refractivity contribution in [3.63, 3.8) is 0 Å². The molecule has 1 atom stereocenters. The molecule has 0 spiro atoms. The fraction of sp³-hybridized carbons (Fsp3) is 0.308. The summed E-state index contributed by atoms with van der Waals surface area (Å²) in [5, 5.41) is 3.85. The Bertz CT molecular complexity index is 591. The molecule has 5 nitrogen and oxygen atoms in total. The molecule has 1 unspecified atom stereocenters. The first-order valence-corrected chi connectivity index (χ1v) is 5.79. The summed E-state index contributed by atoms with van der Waals surface area (Å²) in [6.45, 7) is 1.91. The second-order valence-corrected chi connectivity index (χ2v) is 4.33. The van der Waals surface area contributed by atoms with Crippen LogP contribution < -0.4 is 4.74 Å². The van der Waals surface area contributed by atoms with Gasteiger partial charge >= 0.3 is 0 Å². The maximum absolute atomic E-state index is 11.1. The number of hydrogen-bond donors (Lipinski definition) is 0.